The molecule has 0 spiro atoms. The van der Waals surface area contributed by atoms with E-state index in [1.165, 1.54) is 12.8 Å². The van der Waals surface area contributed by atoms with Crippen molar-refractivity contribution in [3.05, 3.63) is 11.8 Å². The summed E-state index contributed by atoms with van der Waals surface area (Å²) in [6.45, 7) is 0. The van der Waals surface area contributed by atoms with Gasteiger partial charge in [0, 0.05) is 24.2 Å². The van der Waals surface area contributed by atoms with E-state index in [1.807, 2.05) is 0 Å². The van der Waals surface area contributed by atoms with E-state index in [2.05, 4.69) is 23.5 Å². The molecule has 62 valence electrons. The van der Waals surface area contributed by atoms with Crippen molar-refractivity contribution in [2.24, 2.45) is 0 Å². The van der Waals surface area contributed by atoms with Crippen molar-refractivity contribution < 1.29 is 5.21 Å². The second kappa shape index (κ2) is 2.50. The minimum Gasteiger partial charge on any atom is -0.297 e. The standard InChI is InChI=1S/C8H14N2O/c1-10-7-2-3-8(10)5-6(4-7)9-11/h4,7-9,11H,2-3,5H2,1H3/t7-,8-/m1/s1. The van der Waals surface area contributed by atoms with Crippen LogP contribution in [-0.4, -0.2) is 29.2 Å². The zero-order valence-corrected chi connectivity index (χ0v) is 6.75. The predicted octanol–water partition coefficient (Wildman–Crippen LogP) is 0.716. The third kappa shape index (κ3) is 1.04. The summed E-state index contributed by atoms with van der Waals surface area (Å²) in [5.74, 6) is 0. The Balaban J connectivity index is 2.17. The lowest BCUT2D eigenvalue weighted by Crippen LogP contribution is -2.36. The predicted molar refractivity (Wildman–Crippen MR) is 42.2 cm³/mol. The lowest BCUT2D eigenvalue weighted by molar-refractivity contribution is 0.171. The summed E-state index contributed by atoms with van der Waals surface area (Å²) in [7, 11) is 2.16. The average molecular weight is 154 g/mol. The molecule has 2 rings (SSSR count). The third-order valence-electron chi connectivity index (χ3n) is 2.89. The molecule has 2 atom stereocenters. The van der Waals surface area contributed by atoms with Gasteiger partial charge in [-0.1, -0.05) is 0 Å². The normalized spacial score (nSPS) is 37.1. The highest BCUT2D eigenvalue weighted by atomic mass is 16.5. The summed E-state index contributed by atoms with van der Waals surface area (Å²) < 4.78 is 0. The molecular formula is C8H14N2O. The molecule has 0 aromatic carbocycles. The first-order valence-corrected chi connectivity index (χ1v) is 4.14. The maximum atomic E-state index is 8.70. The number of nitrogens with zero attached hydrogens (tertiary/aromatic N) is 1. The molecule has 2 bridgehead atoms. The fourth-order valence-corrected chi connectivity index (χ4v) is 2.13. The van der Waals surface area contributed by atoms with Gasteiger partial charge in [-0.2, -0.15) is 0 Å². The van der Waals surface area contributed by atoms with Crippen molar-refractivity contribution >= 4 is 0 Å². The van der Waals surface area contributed by atoms with Crippen molar-refractivity contribution in [3.63, 3.8) is 0 Å². The average Bonchev–Trinajstić information content (AvgIpc) is 2.26. The zero-order chi connectivity index (χ0) is 7.84. The van der Waals surface area contributed by atoms with Gasteiger partial charge in [-0.15, -0.1) is 0 Å². The Morgan fingerprint density at radius 1 is 1.64 bits per heavy atom. The Labute approximate surface area is 66.7 Å². The summed E-state index contributed by atoms with van der Waals surface area (Å²) in [5, 5.41) is 8.70. The molecule has 2 heterocycles. The molecule has 2 aliphatic rings. The van der Waals surface area contributed by atoms with Gasteiger partial charge < -0.3 is 0 Å². The monoisotopic (exact) mass is 154 g/mol. The van der Waals surface area contributed by atoms with Crippen molar-refractivity contribution in [3.8, 4) is 0 Å². The zero-order valence-electron chi connectivity index (χ0n) is 6.75. The van der Waals surface area contributed by atoms with E-state index in [9.17, 15) is 0 Å². The molecule has 0 radical (unpaired) electrons. The Kier molecular flexibility index (Phi) is 1.62. The summed E-state index contributed by atoms with van der Waals surface area (Å²) in [6.07, 6.45) is 5.61. The van der Waals surface area contributed by atoms with E-state index >= 15 is 0 Å². The molecule has 0 unspecified atom stereocenters. The van der Waals surface area contributed by atoms with Crippen molar-refractivity contribution in [2.75, 3.05) is 7.05 Å². The van der Waals surface area contributed by atoms with Gasteiger partial charge in [-0.25, -0.2) is 0 Å². The topological polar surface area (TPSA) is 35.5 Å². The van der Waals surface area contributed by atoms with Crippen LogP contribution in [0.3, 0.4) is 0 Å². The second-order valence-electron chi connectivity index (χ2n) is 3.47. The Morgan fingerprint density at radius 3 is 3.09 bits per heavy atom. The van der Waals surface area contributed by atoms with E-state index in [1.54, 1.807) is 0 Å². The van der Waals surface area contributed by atoms with E-state index in [0.717, 1.165) is 12.1 Å². The van der Waals surface area contributed by atoms with E-state index < -0.39 is 0 Å². The fourth-order valence-electron chi connectivity index (χ4n) is 2.13. The molecule has 0 aliphatic carbocycles. The van der Waals surface area contributed by atoms with Crippen LogP contribution in [-0.2, 0) is 0 Å². The van der Waals surface area contributed by atoms with Gasteiger partial charge in [0.25, 0.3) is 0 Å². The van der Waals surface area contributed by atoms with Crippen LogP contribution in [0.2, 0.25) is 0 Å². The SMILES string of the molecule is CN1[C@@H]2CC[C@@H]1C=C(NO)C2. The number of fused-ring (bicyclic) bond motifs is 2. The fraction of sp³-hybridized carbons (Fsp3) is 0.750. The summed E-state index contributed by atoms with van der Waals surface area (Å²) >= 11 is 0. The van der Waals surface area contributed by atoms with Crippen LogP contribution in [0.15, 0.2) is 11.8 Å². The first-order valence-electron chi connectivity index (χ1n) is 4.14. The van der Waals surface area contributed by atoms with Crippen molar-refractivity contribution in [2.45, 2.75) is 31.3 Å². The van der Waals surface area contributed by atoms with Gasteiger partial charge in [0.1, 0.15) is 0 Å². The highest BCUT2D eigenvalue weighted by molar-refractivity contribution is 5.14. The van der Waals surface area contributed by atoms with E-state index in [-0.39, 0.29) is 0 Å². The van der Waals surface area contributed by atoms with Crippen LogP contribution in [0, 0.1) is 0 Å². The van der Waals surface area contributed by atoms with Crippen LogP contribution in [0.1, 0.15) is 19.3 Å². The molecule has 2 aliphatic heterocycles. The molecule has 0 aromatic heterocycles. The van der Waals surface area contributed by atoms with E-state index in [0.29, 0.717) is 12.1 Å². The van der Waals surface area contributed by atoms with Gasteiger partial charge >= 0.3 is 0 Å². The quantitative estimate of drug-likeness (QED) is 0.546. The Morgan fingerprint density at radius 2 is 2.45 bits per heavy atom. The van der Waals surface area contributed by atoms with E-state index in [4.69, 9.17) is 5.21 Å². The highest BCUT2D eigenvalue weighted by Gasteiger charge is 2.33. The van der Waals surface area contributed by atoms with Gasteiger partial charge in [-0.05, 0) is 26.0 Å². The minimum atomic E-state index is 0.559. The molecule has 0 amide bonds. The van der Waals surface area contributed by atoms with Crippen LogP contribution in [0.25, 0.3) is 0 Å². The van der Waals surface area contributed by atoms with Crippen LogP contribution >= 0.6 is 0 Å². The second-order valence-corrected chi connectivity index (χ2v) is 3.47. The van der Waals surface area contributed by atoms with Crippen molar-refractivity contribution in [1.82, 2.24) is 10.4 Å². The van der Waals surface area contributed by atoms with Crippen LogP contribution < -0.4 is 5.48 Å². The third-order valence-corrected chi connectivity index (χ3v) is 2.89. The molecule has 1 saturated heterocycles. The lowest BCUT2D eigenvalue weighted by atomic mass is 10.1. The Bertz CT molecular complexity index is 191. The van der Waals surface area contributed by atoms with Gasteiger partial charge in [0.05, 0.1) is 0 Å². The number of nitrogens with one attached hydrogen (secondary N) is 1. The molecule has 3 heteroatoms. The van der Waals surface area contributed by atoms with Crippen molar-refractivity contribution in [1.29, 1.82) is 0 Å². The molecule has 0 aromatic rings. The number of likely N-dealkylation sites (N-methyl/N-ethyl adjacent to an activating group) is 1. The molecule has 11 heavy (non-hydrogen) atoms. The number of hydroxylamine groups is 1. The summed E-state index contributed by atoms with van der Waals surface area (Å²) in [5.41, 5.74) is 3.26. The maximum absolute atomic E-state index is 8.70. The lowest BCUT2D eigenvalue weighted by Gasteiger charge is -2.29. The smallest absolute Gasteiger partial charge is 0.0367 e. The first-order chi connectivity index (χ1) is 5.31. The first kappa shape index (κ1) is 7.13. The largest absolute Gasteiger partial charge is 0.297 e. The Hall–Kier alpha value is -0.540. The molecular weight excluding hydrogens is 140 g/mol. The molecule has 1 fully saturated rings. The summed E-state index contributed by atoms with van der Waals surface area (Å²) in [4.78, 5) is 2.39. The molecule has 2 N–H and O–H groups in total. The van der Waals surface area contributed by atoms with Crippen LogP contribution in [0.4, 0.5) is 0 Å². The number of hydrogen-bond donors (Lipinski definition) is 2. The van der Waals surface area contributed by atoms with Gasteiger partial charge in [-0.3, -0.25) is 15.6 Å². The minimum absolute atomic E-state index is 0.559. The van der Waals surface area contributed by atoms with Gasteiger partial charge in [0.2, 0.25) is 0 Å². The molecule has 3 nitrogen and oxygen atoms in total. The number of rotatable bonds is 1. The number of hydrogen-bond acceptors (Lipinski definition) is 3. The highest BCUT2D eigenvalue weighted by Crippen LogP contribution is 2.31. The van der Waals surface area contributed by atoms with Gasteiger partial charge in [0.15, 0.2) is 0 Å². The maximum Gasteiger partial charge on any atom is 0.0367 e. The summed E-state index contributed by atoms with van der Waals surface area (Å²) in [6, 6.07) is 1.21. The van der Waals surface area contributed by atoms with Crippen LogP contribution in [0.5, 0.6) is 0 Å². The molecule has 0 saturated carbocycles.